The van der Waals surface area contributed by atoms with Gasteiger partial charge in [-0.2, -0.15) is 0 Å². The SMILES string of the molecule is COC(=O)[C@@H](CC(=O)OC(C)(C)C)NC(=O)C1CCCCC1. The van der Waals surface area contributed by atoms with Crippen LogP contribution < -0.4 is 5.32 Å². The van der Waals surface area contributed by atoms with Crippen molar-refractivity contribution < 1.29 is 23.9 Å². The fourth-order valence-electron chi connectivity index (χ4n) is 2.54. The van der Waals surface area contributed by atoms with Crippen molar-refractivity contribution in [2.24, 2.45) is 5.92 Å². The Morgan fingerprint density at radius 2 is 1.73 bits per heavy atom. The number of amides is 1. The molecule has 1 aliphatic rings. The van der Waals surface area contributed by atoms with E-state index in [1.165, 1.54) is 7.11 Å². The predicted molar refractivity (Wildman–Crippen MR) is 81.0 cm³/mol. The van der Waals surface area contributed by atoms with E-state index in [1.807, 2.05) is 0 Å². The first-order chi connectivity index (χ1) is 10.2. The monoisotopic (exact) mass is 313 g/mol. The van der Waals surface area contributed by atoms with Gasteiger partial charge in [0.15, 0.2) is 0 Å². The molecule has 6 nitrogen and oxygen atoms in total. The van der Waals surface area contributed by atoms with Crippen LogP contribution in [0.25, 0.3) is 0 Å². The lowest BCUT2D eigenvalue weighted by molar-refractivity contribution is -0.159. The Labute approximate surface area is 131 Å². The lowest BCUT2D eigenvalue weighted by atomic mass is 9.88. The second kappa shape index (κ2) is 8.15. The molecule has 126 valence electrons. The molecular weight excluding hydrogens is 286 g/mol. The summed E-state index contributed by atoms with van der Waals surface area (Å²) in [4.78, 5) is 35.9. The molecule has 0 radical (unpaired) electrons. The number of ether oxygens (including phenoxy) is 2. The fourth-order valence-corrected chi connectivity index (χ4v) is 2.54. The number of carbonyl (C=O) groups excluding carboxylic acids is 3. The van der Waals surface area contributed by atoms with E-state index in [2.05, 4.69) is 10.1 Å². The average Bonchev–Trinajstić information content (AvgIpc) is 2.44. The lowest BCUT2D eigenvalue weighted by Crippen LogP contribution is -2.46. The van der Waals surface area contributed by atoms with Crippen LogP contribution in [-0.2, 0) is 23.9 Å². The van der Waals surface area contributed by atoms with Crippen LogP contribution in [0, 0.1) is 5.92 Å². The number of nitrogens with one attached hydrogen (secondary N) is 1. The van der Waals surface area contributed by atoms with Crippen molar-refractivity contribution in [2.75, 3.05) is 7.11 Å². The van der Waals surface area contributed by atoms with Gasteiger partial charge in [-0.15, -0.1) is 0 Å². The van der Waals surface area contributed by atoms with Crippen molar-refractivity contribution in [3.8, 4) is 0 Å². The molecule has 0 spiro atoms. The van der Waals surface area contributed by atoms with E-state index in [-0.39, 0.29) is 18.2 Å². The van der Waals surface area contributed by atoms with Gasteiger partial charge in [0, 0.05) is 5.92 Å². The van der Waals surface area contributed by atoms with Crippen molar-refractivity contribution in [2.45, 2.75) is 70.9 Å². The molecule has 0 bridgehead atoms. The van der Waals surface area contributed by atoms with E-state index in [0.717, 1.165) is 32.1 Å². The van der Waals surface area contributed by atoms with Crippen molar-refractivity contribution in [3.63, 3.8) is 0 Å². The summed E-state index contributed by atoms with van der Waals surface area (Å²) in [5, 5.41) is 2.64. The average molecular weight is 313 g/mol. The quantitative estimate of drug-likeness (QED) is 0.785. The lowest BCUT2D eigenvalue weighted by Gasteiger charge is -2.25. The van der Waals surface area contributed by atoms with Crippen molar-refractivity contribution >= 4 is 17.8 Å². The highest BCUT2D eigenvalue weighted by Crippen LogP contribution is 2.24. The van der Waals surface area contributed by atoms with Crippen molar-refractivity contribution in [1.29, 1.82) is 0 Å². The molecule has 1 fully saturated rings. The zero-order chi connectivity index (χ0) is 16.8. The minimum atomic E-state index is -0.991. The number of hydrogen-bond donors (Lipinski definition) is 1. The van der Waals surface area contributed by atoms with Gasteiger partial charge in [0.1, 0.15) is 11.6 Å². The van der Waals surface area contributed by atoms with Crippen LogP contribution in [-0.4, -0.2) is 36.6 Å². The Morgan fingerprint density at radius 3 is 2.23 bits per heavy atom. The summed E-state index contributed by atoms with van der Waals surface area (Å²) in [7, 11) is 1.23. The first-order valence-corrected chi connectivity index (χ1v) is 7.83. The highest BCUT2D eigenvalue weighted by atomic mass is 16.6. The van der Waals surface area contributed by atoms with Gasteiger partial charge < -0.3 is 14.8 Å². The van der Waals surface area contributed by atoms with E-state index < -0.39 is 23.6 Å². The maximum atomic E-state index is 12.2. The molecule has 0 aromatic heterocycles. The van der Waals surface area contributed by atoms with Crippen LogP contribution in [0.15, 0.2) is 0 Å². The molecule has 0 aliphatic heterocycles. The number of rotatable bonds is 5. The summed E-state index contributed by atoms with van der Waals surface area (Å²) >= 11 is 0. The largest absolute Gasteiger partial charge is 0.467 e. The minimum absolute atomic E-state index is 0.0838. The first-order valence-electron chi connectivity index (χ1n) is 7.83. The number of methoxy groups -OCH3 is 1. The molecule has 0 heterocycles. The topological polar surface area (TPSA) is 81.7 Å². The molecule has 0 saturated heterocycles. The van der Waals surface area contributed by atoms with Gasteiger partial charge in [-0.25, -0.2) is 4.79 Å². The number of carbonyl (C=O) groups is 3. The van der Waals surface area contributed by atoms with E-state index in [1.54, 1.807) is 20.8 Å². The van der Waals surface area contributed by atoms with Crippen LogP contribution in [0.4, 0.5) is 0 Å². The first kappa shape index (κ1) is 18.5. The van der Waals surface area contributed by atoms with Crippen LogP contribution >= 0.6 is 0 Å². The summed E-state index contributed by atoms with van der Waals surface area (Å²) in [6, 6.07) is -0.991. The molecule has 6 heteroatoms. The van der Waals surface area contributed by atoms with E-state index in [4.69, 9.17) is 4.74 Å². The fraction of sp³-hybridized carbons (Fsp3) is 0.812. The summed E-state index contributed by atoms with van der Waals surface area (Å²) < 4.78 is 9.86. The summed E-state index contributed by atoms with van der Waals surface area (Å²) in [6.45, 7) is 5.25. The molecule has 1 N–H and O–H groups in total. The maximum Gasteiger partial charge on any atom is 0.328 e. The van der Waals surface area contributed by atoms with Gasteiger partial charge in [-0.05, 0) is 33.6 Å². The third-order valence-electron chi connectivity index (χ3n) is 3.57. The van der Waals surface area contributed by atoms with Gasteiger partial charge in [0.05, 0.1) is 13.5 Å². The van der Waals surface area contributed by atoms with E-state index >= 15 is 0 Å². The normalized spacial score (nSPS) is 17.5. The van der Waals surface area contributed by atoms with Crippen molar-refractivity contribution in [3.05, 3.63) is 0 Å². The summed E-state index contributed by atoms with van der Waals surface area (Å²) in [6.07, 6.45) is 4.61. The second-order valence-electron chi connectivity index (χ2n) is 6.71. The molecule has 1 amide bonds. The highest BCUT2D eigenvalue weighted by molar-refractivity contribution is 5.88. The summed E-state index contributed by atoms with van der Waals surface area (Å²) in [5.74, 6) is -1.43. The van der Waals surface area contributed by atoms with Crippen molar-refractivity contribution in [1.82, 2.24) is 5.32 Å². The summed E-state index contributed by atoms with van der Waals surface area (Å²) in [5.41, 5.74) is -0.634. The smallest absolute Gasteiger partial charge is 0.328 e. The van der Waals surface area contributed by atoms with E-state index in [0.29, 0.717) is 0 Å². The second-order valence-corrected chi connectivity index (χ2v) is 6.71. The van der Waals surface area contributed by atoms with Gasteiger partial charge in [0.2, 0.25) is 5.91 Å². The third kappa shape index (κ3) is 6.45. The Bertz CT molecular complexity index is 407. The van der Waals surface area contributed by atoms with Crippen LogP contribution in [0.1, 0.15) is 59.3 Å². The number of hydrogen-bond acceptors (Lipinski definition) is 5. The standard InChI is InChI=1S/C16H27NO5/c1-16(2,3)22-13(18)10-12(15(20)21-4)17-14(19)11-8-6-5-7-9-11/h11-12H,5-10H2,1-4H3,(H,17,19)/t12-/m1/s1. The van der Waals surface area contributed by atoms with Gasteiger partial charge in [0.25, 0.3) is 0 Å². The maximum absolute atomic E-state index is 12.2. The predicted octanol–water partition coefficient (Wildman–Crippen LogP) is 1.96. The Balaban J connectivity index is 2.62. The zero-order valence-electron chi connectivity index (χ0n) is 13.9. The van der Waals surface area contributed by atoms with Gasteiger partial charge in [-0.3, -0.25) is 9.59 Å². The molecule has 1 aliphatic carbocycles. The molecule has 0 unspecified atom stereocenters. The van der Waals surface area contributed by atoms with Gasteiger partial charge in [-0.1, -0.05) is 19.3 Å². The van der Waals surface area contributed by atoms with Crippen LogP contribution in [0.3, 0.4) is 0 Å². The highest BCUT2D eigenvalue weighted by Gasteiger charge is 2.30. The molecule has 22 heavy (non-hydrogen) atoms. The molecule has 1 atom stereocenters. The molecule has 1 rings (SSSR count). The molecular formula is C16H27NO5. The Kier molecular flexibility index (Phi) is 6.84. The third-order valence-corrected chi connectivity index (χ3v) is 3.57. The molecule has 0 aromatic carbocycles. The van der Waals surface area contributed by atoms with E-state index in [9.17, 15) is 14.4 Å². The van der Waals surface area contributed by atoms with Crippen LogP contribution in [0.2, 0.25) is 0 Å². The number of esters is 2. The van der Waals surface area contributed by atoms with Gasteiger partial charge >= 0.3 is 11.9 Å². The minimum Gasteiger partial charge on any atom is -0.467 e. The Hall–Kier alpha value is -1.59. The molecule has 0 aromatic rings. The van der Waals surface area contributed by atoms with Crippen LogP contribution in [0.5, 0.6) is 0 Å². The molecule has 1 saturated carbocycles. The zero-order valence-corrected chi connectivity index (χ0v) is 13.9. The Morgan fingerprint density at radius 1 is 1.14 bits per heavy atom.